The third-order valence-electron chi connectivity index (χ3n) is 5.10. The van der Waals surface area contributed by atoms with Crippen LogP contribution in [0.3, 0.4) is 0 Å². The normalized spacial score (nSPS) is 27.3. The summed E-state index contributed by atoms with van der Waals surface area (Å²) >= 11 is 0. The molecule has 2 saturated heterocycles. The summed E-state index contributed by atoms with van der Waals surface area (Å²) in [7, 11) is 0. The van der Waals surface area contributed by atoms with E-state index >= 15 is 0 Å². The van der Waals surface area contributed by atoms with Gasteiger partial charge in [-0.05, 0) is 41.0 Å². The molecule has 1 amide bonds. The molecule has 7 nitrogen and oxygen atoms in total. The molecule has 0 aromatic heterocycles. The maximum atomic E-state index is 14.6. The van der Waals surface area contributed by atoms with Crippen LogP contribution in [0.5, 0.6) is 0 Å². The molecular formula is C17H28F2N2O5. The minimum absolute atomic E-state index is 0.196. The zero-order valence-electron chi connectivity index (χ0n) is 15.8. The molecule has 0 aromatic rings. The highest BCUT2D eigenvalue weighted by molar-refractivity contribution is 5.74. The number of hydrogen-bond donors (Lipinski definition) is 2. The fourth-order valence-electron chi connectivity index (χ4n) is 3.47. The Morgan fingerprint density at radius 1 is 1.27 bits per heavy atom. The number of alkyl halides is 2. The van der Waals surface area contributed by atoms with Crippen molar-refractivity contribution in [1.82, 2.24) is 9.80 Å². The molecule has 0 spiro atoms. The molecular weight excluding hydrogens is 350 g/mol. The molecule has 0 bridgehead atoms. The minimum atomic E-state index is -3.16. The van der Waals surface area contributed by atoms with Crippen molar-refractivity contribution >= 4 is 12.1 Å². The predicted octanol–water partition coefficient (Wildman–Crippen LogP) is 1.79. The Balaban J connectivity index is 2.15. The molecule has 2 aliphatic rings. The number of β-amino-alcohol motifs (C(OH)–C–C–N with tert-alkyl or cyclic N) is 1. The zero-order valence-corrected chi connectivity index (χ0v) is 15.8. The van der Waals surface area contributed by atoms with Crippen LogP contribution in [-0.4, -0.2) is 81.4 Å². The molecule has 2 rings (SSSR count). The molecule has 1 unspecified atom stereocenters. The van der Waals surface area contributed by atoms with Crippen LogP contribution in [0, 0.1) is 5.41 Å². The van der Waals surface area contributed by atoms with E-state index in [1.54, 1.807) is 20.8 Å². The van der Waals surface area contributed by atoms with Gasteiger partial charge in [-0.25, -0.2) is 13.6 Å². The van der Waals surface area contributed by atoms with Gasteiger partial charge >= 0.3 is 12.1 Å². The first-order valence-corrected chi connectivity index (χ1v) is 8.70. The molecule has 0 aromatic carbocycles. The van der Waals surface area contributed by atoms with Crippen molar-refractivity contribution in [2.45, 2.75) is 70.8 Å². The number of aliphatic hydroxyl groups excluding tert-OH is 1. The topological polar surface area (TPSA) is 90.3 Å². The van der Waals surface area contributed by atoms with Crippen molar-refractivity contribution in [3.05, 3.63) is 0 Å². The number of ether oxygens (including phenoxy) is 1. The second-order valence-electron chi connectivity index (χ2n) is 8.71. The summed E-state index contributed by atoms with van der Waals surface area (Å²) in [5, 5.41) is 19.5. The minimum Gasteiger partial charge on any atom is -0.481 e. The van der Waals surface area contributed by atoms with E-state index in [1.807, 2.05) is 0 Å². The lowest BCUT2D eigenvalue weighted by atomic mass is 9.86. The van der Waals surface area contributed by atoms with E-state index in [4.69, 9.17) is 4.74 Å². The SMILES string of the molecule is CC(C)(C)OC(=O)N1CC(F)(F)[C@H]2[C@@H]1CCN2CC(O)C(C)(C)C(=O)O. The molecule has 26 heavy (non-hydrogen) atoms. The monoisotopic (exact) mass is 378 g/mol. The van der Waals surface area contributed by atoms with Gasteiger partial charge in [-0.2, -0.15) is 0 Å². The highest BCUT2D eigenvalue weighted by Gasteiger charge is 2.61. The van der Waals surface area contributed by atoms with E-state index in [1.165, 1.54) is 18.7 Å². The third-order valence-corrected chi connectivity index (χ3v) is 5.10. The van der Waals surface area contributed by atoms with Crippen molar-refractivity contribution in [2.75, 3.05) is 19.6 Å². The summed E-state index contributed by atoms with van der Waals surface area (Å²) in [5.41, 5.74) is -2.25. The van der Waals surface area contributed by atoms with Gasteiger partial charge in [0.1, 0.15) is 5.60 Å². The first-order chi connectivity index (χ1) is 11.7. The highest BCUT2D eigenvalue weighted by Crippen LogP contribution is 2.42. The number of amides is 1. The van der Waals surface area contributed by atoms with Gasteiger partial charge in [0.25, 0.3) is 5.92 Å². The van der Waals surface area contributed by atoms with E-state index < -0.39 is 53.7 Å². The van der Waals surface area contributed by atoms with E-state index in [2.05, 4.69) is 0 Å². The Morgan fingerprint density at radius 3 is 2.35 bits per heavy atom. The van der Waals surface area contributed by atoms with Crippen molar-refractivity contribution in [3.8, 4) is 0 Å². The number of aliphatic carboxylic acids is 1. The van der Waals surface area contributed by atoms with Crippen LogP contribution >= 0.6 is 0 Å². The summed E-state index contributed by atoms with van der Waals surface area (Å²) in [6.07, 6.45) is -1.78. The maximum absolute atomic E-state index is 14.6. The first kappa shape index (κ1) is 20.8. The lowest BCUT2D eigenvalue weighted by Gasteiger charge is -2.33. The van der Waals surface area contributed by atoms with Gasteiger partial charge in [0.15, 0.2) is 0 Å². The lowest BCUT2D eigenvalue weighted by Crippen LogP contribution is -2.51. The number of carboxylic acid groups (broad SMARTS) is 1. The Bertz CT molecular complexity index is 576. The summed E-state index contributed by atoms with van der Waals surface area (Å²) in [6, 6.07) is -1.98. The Kier molecular flexibility index (Phi) is 5.29. The predicted molar refractivity (Wildman–Crippen MR) is 89.1 cm³/mol. The van der Waals surface area contributed by atoms with Gasteiger partial charge in [-0.15, -0.1) is 0 Å². The summed E-state index contributed by atoms with van der Waals surface area (Å²) in [6.45, 7) is 7.02. The molecule has 2 heterocycles. The quantitative estimate of drug-likeness (QED) is 0.775. The zero-order chi connectivity index (χ0) is 20.1. The average Bonchev–Trinajstić information content (AvgIpc) is 2.97. The maximum Gasteiger partial charge on any atom is 0.410 e. The number of carboxylic acids is 1. The van der Waals surface area contributed by atoms with Crippen LogP contribution in [0.4, 0.5) is 13.6 Å². The van der Waals surface area contributed by atoms with Crippen LogP contribution in [0.2, 0.25) is 0 Å². The Morgan fingerprint density at radius 2 is 1.85 bits per heavy atom. The smallest absolute Gasteiger partial charge is 0.410 e. The largest absolute Gasteiger partial charge is 0.481 e. The molecule has 2 fully saturated rings. The fourth-order valence-corrected chi connectivity index (χ4v) is 3.47. The fraction of sp³-hybridized carbons (Fsp3) is 0.882. The van der Waals surface area contributed by atoms with Crippen LogP contribution < -0.4 is 0 Å². The average molecular weight is 378 g/mol. The number of likely N-dealkylation sites (tertiary alicyclic amines) is 2. The van der Waals surface area contributed by atoms with Crippen LogP contribution in [0.1, 0.15) is 41.0 Å². The number of carbonyl (C=O) groups is 2. The number of fused-ring (bicyclic) bond motifs is 1. The second kappa shape index (κ2) is 6.60. The van der Waals surface area contributed by atoms with Crippen molar-refractivity contribution in [3.63, 3.8) is 0 Å². The number of carbonyl (C=O) groups excluding carboxylic acids is 1. The summed E-state index contributed by atoms with van der Waals surface area (Å²) in [4.78, 5) is 26.0. The molecule has 2 N–H and O–H groups in total. The molecule has 150 valence electrons. The number of halogens is 2. The lowest BCUT2D eigenvalue weighted by molar-refractivity contribution is -0.154. The van der Waals surface area contributed by atoms with Gasteiger partial charge in [-0.1, -0.05) is 0 Å². The first-order valence-electron chi connectivity index (χ1n) is 8.70. The van der Waals surface area contributed by atoms with Gasteiger partial charge in [0, 0.05) is 13.1 Å². The molecule has 3 atom stereocenters. The van der Waals surface area contributed by atoms with Crippen molar-refractivity contribution in [2.24, 2.45) is 5.41 Å². The van der Waals surface area contributed by atoms with Gasteiger partial charge in [0.2, 0.25) is 0 Å². The number of rotatable bonds is 4. The molecule has 2 aliphatic heterocycles. The van der Waals surface area contributed by atoms with Crippen molar-refractivity contribution in [1.29, 1.82) is 0 Å². The van der Waals surface area contributed by atoms with Gasteiger partial charge < -0.3 is 14.9 Å². The number of nitrogens with zero attached hydrogens (tertiary/aromatic N) is 2. The molecule has 9 heteroatoms. The van der Waals surface area contributed by atoms with Crippen LogP contribution in [0.15, 0.2) is 0 Å². The highest BCUT2D eigenvalue weighted by atomic mass is 19.3. The molecule has 0 aliphatic carbocycles. The van der Waals surface area contributed by atoms with E-state index in [-0.39, 0.29) is 13.1 Å². The second-order valence-corrected chi connectivity index (χ2v) is 8.71. The van der Waals surface area contributed by atoms with Gasteiger partial charge in [-0.3, -0.25) is 14.6 Å². The molecule has 0 radical (unpaired) electrons. The van der Waals surface area contributed by atoms with Crippen LogP contribution in [0.25, 0.3) is 0 Å². The molecule has 0 saturated carbocycles. The van der Waals surface area contributed by atoms with Gasteiger partial charge in [0.05, 0.1) is 30.1 Å². The summed E-state index contributed by atoms with van der Waals surface area (Å²) in [5.74, 6) is -4.36. The Hall–Kier alpha value is -1.48. The third kappa shape index (κ3) is 3.93. The Labute approximate surface area is 151 Å². The number of hydrogen-bond acceptors (Lipinski definition) is 5. The van der Waals surface area contributed by atoms with E-state index in [9.17, 15) is 28.6 Å². The number of aliphatic hydroxyl groups is 1. The van der Waals surface area contributed by atoms with Crippen LogP contribution in [-0.2, 0) is 9.53 Å². The summed E-state index contributed by atoms with van der Waals surface area (Å²) < 4.78 is 34.5. The van der Waals surface area contributed by atoms with E-state index in [0.717, 1.165) is 4.90 Å². The standard InChI is InChI=1S/C17H28F2N2O5/c1-15(2,3)26-14(25)21-9-17(18,19)12-10(21)6-7-20(12)8-11(22)16(4,5)13(23)24/h10-12,22H,6-9H2,1-5H3,(H,23,24)/t10-,11?,12+/m0/s1. The van der Waals surface area contributed by atoms with E-state index in [0.29, 0.717) is 6.42 Å². The van der Waals surface area contributed by atoms with Crippen molar-refractivity contribution < 1.29 is 33.3 Å².